The zero-order chi connectivity index (χ0) is 40.0. The van der Waals surface area contributed by atoms with E-state index in [2.05, 4.69) is 92.1 Å². The molecular formula is C45H82N2O6P+. The van der Waals surface area contributed by atoms with E-state index in [0.717, 1.165) is 83.5 Å². The molecule has 0 bridgehead atoms. The van der Waals surface area contributed by atoms with Crippen molar-refractivity contribution in [3.63, 3.8) is 0 Å². The number of phosphoric acid groups is 1. The van der Waals surface area contributed by atoms with E-state index in [1.54, 1.807) is 0 Å². The number of nitrogens with one attached hydrogen (secondary N) is 1. The van der Waals surface area contributed by atoms with Crippen molar-refractivity contribution in [2.75, 3.05) is 40.9 Å². The fourth-order valence-electron chi connectivity index (χ4n) is 5.58. The molecule has 0 spiro atoms. The van der Waals surface area contributed by atoms with E-state index in [-0.39, 0.29) is 19.1 Å². The lowest BCUT2D eigenvalue weighted by atomic mass is 10.0. The highest BCUT2D eigenvalue weighted by molar-refractivity contribution is 7.47. The van der Waals surface area contributed by atoms with Crippen LogP contribution in [0.15, 0.2) is 72.9 Å². The Morgan fingerprint density at radius 1 is 0.648 bits per heavy atom. The molecule has 0 aliphatic heterocycles. The van der Waals surface area contributed by atoms with Gasteiger partial charge >= 0.3 is 7.82 Å². The van der Waals surface area contributed by atoms with E-state index < -0.39 is 20.0 Å². The maximum absolute atomic E-state index is 12.7. The number of unbranched alkanes of at least 4 members (excludes halogenated alkanes) is 12. The summed E-state index contributed by atoms with van der Waals surface area (Å²) < 4.78 is 23.3. The van der Waals surface area contributed by atoms with Crippen molar-refractivity contribution in [3.05, 3.63) is 72.9 Å². The summed E-state index contributed by atoms with van der Waals surface area (Å²) in [5.74, 6) is -0.166. The van der Waals surface area contributed by atoms with E-state index in [1.807, 2.05) is 21.1 Å². The largest absolute Gasteiger partial charge is 0.472 e. The second kappa shape index (κ2) is 36.6. The van der Waals surface area contributed by atoms with E-state index >= 15 is 0 Å². The lowest BCUT2D eigenvalue weighted by Crippen LogP contribution is -2.46. The normalized spacial score (nSPS) is 15.2. The minimum absolute atomic E-state index is 0.0685. The predicted molar refractivity (Wildman–Crippen MR) is 230 cm³/mol. The Labute approximate surface area is 332 Å². The second-order valence-corrected chi connectivity index (χ2v) is 16.8. The summed E-state index contributed by atoms with van der Waals surface area (Å²) >= 11 is 0. The molecule has 0 fully saturated rings. The van der Waals surface area contributed by atoms with E-state index in [9.17, 15) is 19.4 Å². The number of carbonyl (C=O) groups is 1. The van der Waals surface area contributed by atoms with Gasteiger partial charge in [0.15, 0.2) is 0 Å². The molecule has 0 heterocycles. The van der Waals surface area contributed by atoms with Gasteiger partial charge in [0.2, 0.25) is 5.91 Å². The molecule has 0 aromatic rings. The van der Waals surface area contributed by atoms with Crippen molar-refractivity contribution in [2.45, 2.75) is 167 Å². The number of likely N-dealkylation sites (N-methyl/N-ethyl adjacent to an activating group) is 1. The van der Waals surface area contributed by atoms with Crippen molar-refractivity contribution in [2.24, 2.45) is 0 Å². The molecule has 3 unspecified atom stereocenters. The minimum Gasteiger partial charge on any atom is -0.391 e. The molecule has 0 aromatic heterocycles. The molecule has 3 N–H and O–H groups in total. The van der Waals surface area contributed by atoms with Crippen molar-refractivity contribution in [3.8, 4) is 0 Å². The number of aliphatic hydroxyl groups is 1. The highest BCUT2D eigenvalue weighted by Gasteiger charge is 2.28. The molecule has 54 heavy (non-hydrogen) atoms. The fraction of sp³-hybridized carbons (Fsp3) is 0.711. The maximum Gasteiger partial charge on any atom is 0.472 e. The van der Waals surface area contributed by atoms with E-state index in [1.165, 1.54) is 44.9 Å². The highest BCUT2D eigenvalue weighted by Crippen LogP contribution is 2.43. The number of phosphoric ester groups is 1. The number of hydrogen-bond acceptors (Lipinski definition) is 5. The Balaban J connectivity index is 3.93. The van der Waals surface area contributed by atoms with Crippen LogP contribution in [0, 0.1) is 0 Å². The summed E-state index contributed by atoms with van der Waals surface area (Å²) in [5.41, 5.74) is 0. The van der Waals surface area contributed by atoms with Gasteiger partial charge in [0, 0.05) is 6.42 Å². The molecule has 312 valence electrons. The third kappa shape index (κ3) is 38.2. The zero-order valence-electron chi connectivity index (χ0n) is 35.2. The monoisotopic (exact) mass is 778 g/mol. The minimum atomic E-state index is -4.29. The van der Waals surface area contributed by atoms with Crippen LogP contribution in [0.1, 0.15) is 155 Å². The van der Waals surface area contributed by atoms with Crippen molar-refractivity contribution >= 4 is 13.7 Å². The maximum atomic E-state index is 12.7. The number of carbonyl (C=O) groups excluding carboxylic acids is 1. The number of hydrogen-bond donors (Lipinski definition) is 3. The molecule has 0 aromatic carbocycles. The number of nitrogens with zero attached hydrogens (tertiary/aromatic N) is 1. The zero-order valence-corrected chi connectivity index (χ0v) is 36.1. The van der Waals surface area contributed by atoms with Gasteiger partial charge in [-0.15, -0.1) is 0 Å². The fourth-order valence-corrected chi connectivity index (χ4v) is 6.31. The Kier molecular flexibility index (Phi) is 35.2. The topological polar surface area (TPSA) is 105 Å². The molecule has 9 heteroatoms. The molecule has 0 aliphatic carbocycles. The van der Waals surface area contributed by atoms with Gasteiger partial charge in [-0.05, 0) is 64.2 Å². The smallest absolute Gasteiger partial charge is 0.391 e. The summed E-state index contributed by atoms with van der Waals surface area (Å²) in [5, 5.41) is 13.6. The Morgan fingerprint density at radius 3 is 1.59 bits per heavy atom. The van der Waals surface area contributed by atoms with Crippen LogP contribution in [-0.4, -0.2) is 73.4 Å². The number of quaternary nitrogens is 1. The summed E-state index contributed by atoms with van der Waals surface area (Å²) in [7, 11) is 1.59. The molecule has 8 nitrogen and oxygen atoms in total. The van der Waals surface area contributed by atoms with Crippen LogP contribution in [-0.2, 0) is 18.4 Å². The third-order valence-corrected chi connectivity index (χ3v) is 9.95. The van der Waals surface area contributed by atoms with Gasteiger partial charge in [-0.1, -0.05) is 157 Å². The first-order chi connectivity index (χ1) is 26.0. The van der Waals surface area contributed by atoms with Gasteiger partial charge in [-0.2, -0.15) is 0 Å². The Hall–Kier alpha value is -2.06. The predicted octanol–water partition coefficient (Wildman–Crippen LogP) is 11.6. The number of allylic oxidation sites excluding steroid dienone is 12. The SMILES string of the molecule is CC/C=C\C/C=C\C/C=C\C/C=C\C/C=C\C/C=C\CCCCCCCCCCCCC(=O)NC(COP(=O)(O)OCC[N+](C)(C)C)C(O)CCCCC. The Morgan fingerprint density at radius 2 is 1.11 bits per heavy atom. The molecule has 0 rings (SSSR count). The van der Waals surface area contributed by atoms with Gasteiger partial charge in [-0.3, -0.25) is 13.8 Å². The van der Waals surface area contributed by atoms with Gasteiger partial charge in [-0.25, -0.2) is 4.57 Å². The summed E-state index contributed by atoms with van der Waals surface area (Å²) in [4.78, 5) is 22.8. The average Bonchev–Trinajstić information content (AvgIpc) is 3.12. The summed E-state index contributed by atoms with van der Waals surface area (Å²) in [6, 6.07) is -0.762. The lowest BCUT2D eigenvalue weighted by Gasteiger charge is -2.26. The van der Waals surface area contributed by atoms with Crippen molar-refractivity contribution in [1.82, 2.24) is 5.32 Å². The first kappa shape index (κ1) is 51.9. The van der Waals surface area contributed by atoms with Crippen LogP contribution in [0.4, 0.5) is 0 Å². The molecule has 0 saturated heterocycles. The van der Waals surface area contributed by atoms with Crippen LogP contribution < -0.4 is 5.32 Å². The van der Waals surface area contributed by atoms with Gasteiger partial charge in [0.25, 0.3) is 0 Å². The number of amides is 1. The summed E-state index contributed by atoms with van der Waals surface area (Å²) in [6.45, 7) is 4.58. The van der Waals surface area contributed by atoms with Crippen LogP contribution in [0.5, 0.6) is 0 Å². The molecule has 0 radical (unpaired) electrons. The molecular weight excluding hydrogens is 695 g/mol. The average molecular weight is 778 g/mol. The van der Waals surface area contributed by atoms with Crippen molar-refractivity contribution < 1.29 is 32.9 Å². The van der Waals surface area contributed by atoms with Crippen molar-refractivity contribution in [1.29, 1.82) is 0 Å². The van der Waals surface area contributed by atoms with E-state index in [0.29, 0.717) is 23.9 Å². The van der Waals surface area contributed by atoms with Crippen LogP contribution >= 0.6 is 7.82 Å². The molecule has 1 amide bonds. The Bertz CT molecular complexity index is 1110. The molecule has 0 aliphatic rings. The molecule has 3 atom stereocenters. The number of rotatable bonds is 37. The second-order valence-electron chi connectivity index (χ2n) is 15.3. The first-order valence-corrected chi connectivity index (χ1v) is 22.8. The van der Waals surface area contributed by atoms with Crippen LogP contribution in [0.2, 0.25) is 0 Å². The quantitative estimate of drug-likeness (QED) is 0.0251. The summed E-state index contributed by atoms with van der Waals surface area (Å²) in [6.07, 6.45) is 48.8. The first-order valence-electron chi connectivity index (χ1n) is 21.3. The van der Waals surface area contributed by atoms with Crippen LogP contribution in [0.25, 0.3) is 0 Å². The van der Waals surface area contributed by atoms with Gasteiger partial charge in [0.05, 0.1) is 39.9 Å². The molecule has 0 saturated carbocycles. The van der Waals surface area contributed by atoms with Gasteiger partial charge in [0.1, 0.15) is 13.2 Å². The van der Waals surface area contributed by atoms with Gasteiger partial charge < -0.3 is 19.8 Å². The highest BCUT2D eigenvalue weighted by atomic mass is 31.2. The number of aliphatic hydroxyl groups excluding tert-OH is 1. The third-order valence-electron chi connectivity index (χ3n) is 8.97. The standard InChI is InChI=1S/C45H81N2O6P/c1-6-8-10-11-12-13-14-15-16-17-18-19-20-21-22-23-24-25-26-27-28-29-30-31-32-33-34-35-37-39-45(49)46-43(44(48)38-36-9-7-2)42-53-54(50,51)52-41-40-47(3,4)5/h8,10,12-13,15-16,18-19,21-22,24-25,43-44,48H,6-7,9,11,14,17,20,23,26-42H2,1-5H3,(H-,46,49,50,51)/p+1/b10-8-,13-12-,16-15-,19-18-,22-21-,25-24-. The van der Waals surface area contributed by atoms with Crippen LogP contribution in [0.3, 0.4) is 0 Å². The van der Waals surface area contributed by atoms with E-state index in [4.69, 9.17) is 9.05 Å². The lowest BCUT2D eigenvalue weighted by molar-refractivity contribution is -0.870.